The summed E-state index contributed by atoms with van der Waals surface area (Å²) in [7, 11) is -3.46. The van der Waals surface area contributed by atoms with Gasteiger partial charge in [0.25, 0.3) is 0 Å². The molecule has 6 heteroatoms. The zero-order chi connectivity index (χ0) is 14.4. The first-order valence-corrected chi connectivity index (χ1v) is 8.23. The predicted molar refractivity (Wildman–Crippen MR) is 74.6 cm³/mol. The lowest BCUT2D eigenvalue weighted by Crippen LogP contribution is -2.59. The Balaban J connectivity index is 1.88. The molecule has 0 N–H and O–H groups in total. The molecule has 0 aromatic heterocycles. The van der Waals surface area contributed by atoms with Crippen LogP contribution in [-0.2, 0) is 14.8 Å². The number of nitrogens with zero attached hydrogens (tertiary/aromatic N) is 2. The number of carbonyl (C=O) groups excluding carboxylic acids is 1. The Morgan fingerprint density at radius 2 is 1.85 bits per heavy atom. The molecule has 1 atom stereocenters. The molecular weight excluding hydrogens is 276 g/mol. The molecule has 0 spiro atoms. The van der Waals surface area contributed by atoms with Crippen molar-refractivity contribution in [3.63, 3.8) is 0 Å². The molecule has 20 heavy (non-hydrogen) atoms. The third-order valence-electron chi connectivity index (χ3n) is 4.30. The molecule has 2 fully saturated rings. The van der Waals surface area contributed by atoms with E-state index in [4.69, 9.17) is 0 Å². The Hall–Kier alpha value is -1.40. The minimum Gasteiger partial charge on any atom is -0.335 e. The first-order chi connectivity index (χ1) is 9.43. The standard InChI is InChI=1S/C14H18N2O3S/c1-14-8-7-13(17)16(14)10-9-15(11-14)20(18,19)12-5-3-2-4-6-12/h2-6H,7-11H2,1H3/t14-/m0/s1. The van der Waals surface area contributed by atoms with Gasteiger partial charge >= 0.3 is 0 Å². The number of amides is 1. The number of sulfonamides is 1. The number of carbonyl (C=O) groups is 1. The Morgan fingerprint density at radius 3 is 2.55 bits per heavy atom. The fraction of sp³-hybridized carbons (Fsp3) is 0.500. The SMILES string of the molecule is C[C@@]12CCC(=O)N1CCN(S(=O)(=O)c1ccccc1)C2. The van der Waals surface area contributed by atoms with Crippen molar-refractivity contribution in [2.45, 2.75) is 30.2 Å². The van der Waals surface area contributed by atoms with Crippen LogP contribution in [0.1, 0.15) is 19.8 Å². The Bertz CT molecular complexity index is 629. The fourth-order valence-corrected chi connectivity index (χ4v) is 4.69. The summed E-state index contributed by atoms with van der Waals surface area (Å²) in [5, 5.41) is 0. The van der Waals surface area contributed by atoms with Gasteiger partial charge in [-0.05, 0) is 25.5 Å². The number of benzene rings is 1. The molecule has 2 aliphatic rings. The number of hydrogen-bond acceptors (Lipinski definition) is 3. The van der Waals surface area contributed by atoms with Crippen LogP contribution < -0.4 is 0 Å². The summed E-state index contributed by atoms with van der Waals surface area (Å²) in [4.78, 5) is 14.0. The van der Waals surface area contributed by atoms with Gasteiger partial charge in [0.2, 0.25) is 15.9 Å². The predicted octanol–water partition coefficient (Wildman–Crippen LogP) is 1.07. The van der Waals surface area contributed by atoms with Gasteiger partial charge in [0, 0.05) is 26.1 Å². The summed E-state index contributed by atoms with van der Waals surface area (Å²) < 4.78 is 26.8. The van der Waals surface area contributed by atoms with E-state index in [0.29, 0.717) is 31.0 Å². The molecule has 0 saturated carbocycles. The third-order valence-corrected chi connectivity index (χ3v) is 6.16. The van der Waals surface area contributed by atoms with Crippen LogP contribution >= 0.6 is 0 Å². The van der Waals surface area contributed by atoms with Crippen molar-refractivity contribution in [2.24, 2.45) is 0 Å². The van der Waals surface area contributed by atoms with E-state index in [2.05, 4.69) is 0 Å². The highest BCUT2D eigenvalue weighted by atomic mass is 32.2. The molecular formula is C14H18N2O3S. The van der Waals surface area contributed by atoms with E-state index in [0.717, 1.165) is 6.42 Å². The van der Waals surface area contributed by atoms with Crippen molar-refractivity contribution in [3.05, 3.63) is 30.3 Å². The summed E-state index contributed by atoms with van der Waals surface area (Å²) in [6.45, 7) is 3.22. The average Bonchev–Trinajstić information content (AvgIpc) is 2.75. The van der Waals surface area contributed by atoms with Crippen molar-refractivity contribution in [1.82, 2.24) is 9.21 Å². The van der Waals surface area contributed by atoms with Crippen LogP contribution in [0.25, 0.3) is 0 Å². The fourth-order valence-electron chi connectivity index (χ4n) is 3.12. The average molecular weight is 294 g/mol. The largest absolute Gasteiger partial charge is 0.335 e. The molecule has 0 bridgehead atoms. The summed E-state index contributed by atoms with van der Waals surface area (Å²) in [5.74, 6) is 0.143. The lowest BCUT2D eigenvalue weighted by molar-refractivity contribution is -0.132. The van der Waals surface area contributed by atoms with E-state index in [1.165, 1.54) is 4.31 Å². The van der Waals surface area contributed by atoms with Crippen molar-refractivity contribution in [3.8, 4) is 0 Å². The molecule has 5 nitrogen and oxygen atoms in total. The second-order valence-electron chi connectivity index (χ2n) is 5.69. The van der Waals surface area contributed by atoms with Crippen molar-refractivity contribution >= 4 is 15.9 Å². The second kappa shape index (κ2) is 4.56. The summed E-state index contributed by atoms with van der Waals surface area (Å²) >= 11 is 0. The Morgan fingerprint density at radius 1 is 1.15 bits per heavy atom. The quantitative estimate of drug-likeness (QED) is 0.820. The lowest BCUT2D eigenvalue weighted by atomic mass is 9.97. The lowest BCUT2D eigenvalue weighted by Gasteiger charge is -2.44. The molecule has 3 rings (SSSR count). The molecule has 108 valence electrons. The first-order valence-electron chi connectivity index (χ1n) is 6.79. The Kier molecular flexibility index (Phi) is 3.10. The second-order valence-corrected chi connectivity index (χ2v) is 7.63. The van der Waals surface area contributed by atoms with Crippen LogP contribution in [0.5, 0.6) is 0 Å². The van der Waals surface area contributed by atoms with Gasteiger partial charge in [-0.15, -0.1) is 0 Å². The maximum absolute atomic E-state index is 12.6. The molecule has 2 aliphatic heterocycles. The van der Waals surface area contributed by atoms with Crippen LogP contribution in [0.2, 0.25) is 0 Å². The molecule has 1 aromatic rings. The summed E-state index contributed by atoms with van der Waals surface area (Å²) in [6.07, 6.45) is 1.25. The smallest absolute Gasteiger partial charge is 0.243 e. The van der Waals surface area contributed by atoms with Crippen molar-refractivity contribution in [1.29, 1.82) is 0 Å². The molecule has 2 heterocycles. The topological polar surface area (TPSA) is 57.7 Å². The molecule has 2 saturated heterocycles. The van der Waals surface area contributed by atoms with Gasteiger partial charge < -0.3 is 4.90 Å². The molecule has 0 aliphatic carbocycles. The molecule has 1 amide bonds. The van der Waals surface area contributed by atoms with Gasteiger partial charge in [-0.3, -0.25) is 4.79 Å². The maximum atomic E-state index is 12.6. The van der Waals surface area contributed by atoms with E-state index in [9.17, 15) is 13.2 Å². The minimum absolute atomic E-state index is 0.143. The van der Waals surface area contributed by atoms with E-state index in [1.54, 1.807) is 30.3 Å². The van der Waals surface area contributed by atoms with Crippen LogP contribution in [0, 0.1) is 0 Å². The monoisotopic (exact) mass is 294 g/mol. The summed E-state index contributed by atoms with van der Waals surface area (Å²) in [6, 6.07) is 8.48. The van der Waals surface area contributed by atoms with Crippen molar-refractivity contribution < 1.29 is 13.2 Å². The number of rotatable bonds is 2. The van der Waals surface area contributed by atoms with Gasteiger partial charge in [0.1, 0.15) is 0 Å². The van der Waals surface area contributed by atoms with Crippen LogP contribution in [0.4, 0.5) is 0 Å². The third kappa shape index (κ3) is 2.03. The van der Waals surface area contributed by atoms with Gasteiger partial charge in [0.15, 0.2) is 0 Å². The first kappa shape index (κ1) is 13.6. The highest BCUT2D eigenvalue weighted by Gasteiger charge is 2.47. The zero-order valence-electron chi connectivity index (χ0n) is 11.4. The molecule has 0 radical (unpaired) electrons. The normalized spacial score (nSPS) is 27.6. The zero-order valence-corrected chi connectivity index (χ0v) is 12.3. The number of piperazine rings is 1. The van der Waals surface area contributed by atoms with Gasteiger partial charge in [-0.1, -0.05) is 18.2 Å². The maximum Gasteiger partial charge on any atom is 0.243 e. The number of fused-ring (bicyclic) bond motifs is 1. The van der Waals surface area contributed by atoms with E-state index < -0.39 is 10.0 Å². The summed E-state index contributed by atoms with van der Waals surface area (Å²) in [5.41, 5.74) is -0.350. The van der Waals surface area contributed by atoms with E-state index >= 15 is 0 Å². The van der Waals surface area contributed by atoms with E-state index in [-0.39, 0.29) is 11.4 Å². The van der Waals surface area contributed by atoms with Gasteiger partial charge in [0.05, 0.1) is 10.4 Å². The highest BCUT2D eigenvalue weighted by Crippen LogP contribution is 2.35. The number of hydrogen-bond donors (Lipinski definition) is 0. The van der Waals surface area contributed by atoms with Crippen LogP contribution in [-0.4, -0.2) is 48.7 Å². The molecule has 0 unspecified atom stereocenters. The molecule has 1 aromatic carbocycles. The van der Waals surface area contributed by atoms with Crippen molar-refractivity contribution in [2.75, 3.05) is 19.6 Å². The van der Waals surface area contributed by atoms with Crippen LogP contribution in [0.3, 0.4) is 0 Å². The van der Waals surface area contributed by atoms with Gasteiger partial charge in [-0.25, -0.2) is 8.42 Å². The van der Waals surface area contributed by atoms with E-state index in [1.807, 2.05) is 11.8 Å². The Labute approximate surface area is 119 Å². The minimum atomic E-state index is -3.46. The highest BCUT2D eigenvalue weighted by molar-refractivity contribution is 7.89. The van der Waals surface area contributed by atoms with Gasteiger partial charge in [-0.2, -0.15) is 4.31 Å². The van der Waals surface area contributed by atoms with Crippen LogP contribution in [0.15, 0.2) is 35.2 Å².